The molecule has 0 bridgehead atoms. The summed E-state index contributed by atoms with van der Waals surface area (Å²) in [5.41, 5.74) is 0. The summed E-state index contributed by atoms with van der Waals surface area (Å²) < 4.78 is 16.7. The molecule has 0 aromatic rings. The molecule has 0 aliphatic heterocycles. The van der Waals surface area contributed by atoms with Crippen molar-refractivity contribution in [2.75, 3.05) is 13.2 Å². The van der Waals surface area contributed by atoms with Crippen LogP contribution in [0.15, 0.2) is 36.5 Å². The van der Waals surface area contributed by atoms with Crippen molar-refractivity contribution in [2.24, 2.45) is 0 Å². The van der Waals surface area contributed by atoms with Crippen molar-refractivity contribution >= 4 is 17.9 Å². The number of ether oxygens (including phenoxy) is 3. The second-order valence-electron chi connectivity index (χ2n) is 19.9. The normalized spacial score (nSPS) is 12.2. The number of hydrogen-bond donors (Lipinski definition) is 0. The number of allylic oxidation sites excluding steroid dienone is 6. The smallest absolute Gasteiger partial charge is 0.306 e. The SMILES string of the molecule is CC/C=C\C/C=C\C/C=C\CCCCCC(=O)OC(COC(=O)CCCCCCC)COC(=O)CCCCCCCCCCCCCCCCCCCCCCCCCCCCCCCCC. The molecule has 0 amide bonds. The average molecular weight is 942 g/mol. The third-order valence-electron chi connectivity index (χ3n) is 13.2. The number of esters is 3. The topological polar surface area (TPSA) is 78.9 Å². The highest BCUT2D eigenvalue weighted by Crippen LogP contribution is 2.18. The van der Waals surface area contributed by atoms with Gasteiger partial charge in [0.25, 0.3) is 0 Å². The predicted octanol–water partition coefficient (Wildman–Crippen LogP) is 19.7. The largest absolute Gasteiger partial charge is 0.462 e. The Bertz CT molecular complexity index is 1130. The highest BCUT2D eigenvalue weighted by atomic mass is 16.6. The maximum atomic E-state index is 12.7. The van der Waals surface area contributed by atoms with Gasteiger partial charge in [-0.1, -0.05) is 282 Å². The van der Waals surface area contributed by atoms with Gasteiger partial charge in [0.2, 0.25) is 0 Å². The summed E-state index contributed by atoms with van der Waals surface area (Å²) in [6, 6.07) is 0. The lowest BCUT2D eigenvalue weighted by Crippen LogP contribution is -2.30. The van der Waals surface area contributed by atoms with Crippen molar-refractivity contribution < 1.29 is 28.6 Å². The van der Waals surface area contributed by atoms with Gasteiger partial charge < -0.3 is 14.2 Å². The molecule has 0 aromatic carbocycles. The van der Waals surface area contributed by atoms with Crippen molar-refractivity contribution in [3.63, 3.8) is 0 Å². The van der Waals surface area contributed by atoms with E-state index in [0.717, 1.165) is 89.9 Å². The van der Waals surface area contributed by atoms with E-state index < -0.39 is 6.10 Å². The quantitative estimate of drug-likeness (QED) is 0.0262. The van der Waals surface area contributed by atoms with Gasteiger partial charge in [0.15, 0.2) is 6.10 Å². The number of rotatable bonds is 54. The van der Waals surface area contributed by atoms with Crippen LogP contribution in [0.25, 0.3) is 0 Å². The number of carbonyl (C=O) groups excluding carboxylic acids is 3. The van der Waals surface area contributed by atoms with Gasteiger partial charge in [-0.2, -0.15) is 0 Å². The second kappa shape index (κ2) is 56.2. The van der Waals surface area contributed by atoms with Crippen LogP contribution in [0.3, 0.4) is 0 Å². The first-order valence-electron chi connectivity index (χ1n) is 29.5. The van der Waals surface area contributed by atoms with Gasteiger partial charge in [0.05, 0.1) is 0 Å². The second-order valence-corrected chi connectivity index (χ2v) is 19.9. The van der Waals surface area contributed by atoms with Crippen molar-refractivity contribution in [1.82, 2.24) is 0 Å². The van der Waals surface area contributed by atoms with Crippen LogP contribution >= 0.6 is 0 Å². The molecule has 0 N–H and O–H groups in total. The fraction of sp³-hybridized carbons (Fsp3) is 0.852. The first-order valence-corrected chi connectivity index (χ1v) is 29.5. The Balaban J connectivity index is 3.89. The third-order valence-corrected chi connectivity index (χ3v) is 13.2. The zero-order chi connectivity index (χ0) is 48.6. The summed E-state index contributed by atoms with van der Waals surface area (Å²) in [5.74, 6) is -0.914. The monoisotopic (exact) mass is 941 g/mol. The Morgan fingerprint density at radius 3 is 0.910 bits per heavy atom. The highest BCUT2D eigenvalue weighted by Gasteiger charge is 2.19. The van der Waals surface area contributed by atoms with Crippen LogP contribution in [-0.4, -0.2) is 37.2 Å². The molecule has 1 unspecified atom stereocenters. The molecule has 1 atom stereocenters. The molecule has 0 aliphatic rings. The molecular weight excluding hydrogens is 829 g/mol. The minimum absolute atomic E-state index is 0.0813. The Hall–Kier alpha value is -2.37. The lowest BCUT2D eigenvalue weighted by atomic mass is 10.0. The van der Waals surface area contributed by atoms with Crippen molar-refractivity contribution in [2.45, 2.75) is 322 Å². The molecule has 0 rings (SSSR count). The van der Waals surface area contributed by atoms with E-state index in [0.29, 0.717) is 19.3 Å². The minimum Gasteiger partial charge on any atom is -0.462 e. The summed E-state index contributed by atoms with van der Waals surface area (Å²) in [5, 5.41) is 0. The van der Waals surface area contributed by atoms with Crippen LogP contribution in [0.1, 0.15) is 316 Å². The molecule has 6 nitrogen and oxygen atoms in total. The Morgan fingerprint density at radius 1 is 0.313 bits per heavy atom. The molecule has 0 saturated heterocycles. The molecule has 0 heterocycles. The Labute approximate surface area is 416 Å². The molecule has 67 heavy (non-hydrogen) atoms. The molecule has 0 radical (unpaired) electrons. The van der Waals surface area contributed by atoms with E-state index in [-0.39, 0.29) is 31.1 Å². The fourth-order valence-corrected chi connectivity index (χ4v) is 8.75. The van der Waals surface area contributed by atoms with Crippen LogP contribution in [0.2, 0.25) is 0 Å². The Morgan fingerprint density at radius 2 is 0.582 bits per heavy atom. The van der Waals surface area contributed by atoms with E-state index in [1.165, 1.54) is 186 Å². The standard InChI is InChI=1S/C61H112O6/c1-4-7-10-13-15-17-19-21-22-23-24-25-26-27-28-29-30-31-32-33-34-35-36-37-38-40-41-43-45-48-51-54-60(63)66-57-58(56-65-59(62)53-50-47-12-9-6-3)67-61(64)55-52-49-46-44-42-39-20-18-16-14-11-8-5-2/h8,11,16,18,39,42,58H,4-7,9-10,12-15,17,19-38,40-41,43-57H2,1-3H3/b11-8-,18-16-,42-39-. The molecular formula is C61H112O6. The number of carbonyl (C=O) groups is 3. The van der Waals surface area contributed by atoms with E-state index in [2.05, 4.69) is 57.2 Å². The molecule has 6 heteroatoms. The molecule has 0 aromatic heterocycles. The molecule has 0 aliphatic carbocycles. The van der Waals surface area contributed by atoms with Gasteiger partial charge in [-0.05, 0) is 51.4 Å². The summed E-state index contributed by atoms with van der Waals surface area (Å²) in [6.07, 6.45) is 68.0. The maximum Gasteiger partial charge on any atom is 0.306 e. The first-order chi connectivity index (χ1) is 33.0. The van der Waals surface area contributed by atoms with Gasteiger partial charge in [0.1, 0.15) is 13.2 Å². The minimum atomic E-state index is -0.780. The van der Waals surface area contributed by atoms with Gasteiger partial charge in [-0.25, -0.2) is 0 Å². The van der Waals surface area contributed by atoms with Crippen LogP contribution in [0.5, 0.6) is 0 Å². The van der Waals surface area contributed by atoms with Crippen LogP contribution < -0.4 is 0 Å². The highest BCUT2D eigenvalue weighted by molar-refractivity contribution is 5.71. The van der Waals surface area contributed by atoms with Gasteiger partial charge in [0, 0.05) is 19.3 Å². The summed E-state index contributed by atoms with van der Waals surface area (Å²) in [6.45, 7) is 6.45. The van der Waals surface area contributed by atoms with Crippen molar-refractivity contribution in [3.8, 4) is 0 Å². The zero-order valence-electron chi connectivity index (χ0n) is 44.9. The first kappa shape index (κ1) is 64.6. The molecule has 0 spiro atoms. The summed E-state index contributed by atoms with van der Waals surface area (Å²) in [7, 11) is 0. The van der Waals surface area contributed by atoms with E-state index in [1.54, 1.807) is 0 Å². The van der Waals surface area contributed by atoms with Crippen LogP contribution in [-0.2, 0) is 28.6 Å². The lowest BCUT2D eigenvalue weighted by molar-refractivity contribution is -0.167. The molecule has 0 fully saturated rings. The van der Waals surface area contributed by atoms with E-state index in [9.17, 15) is 14.4 Å². The zero-order valence-corrected chi connectivity index (χ0v) is 44.9. The van der Waals surface area contributed by atoms with E-state index in [4.69, 9.17) is 14.2 Å². The average Bonchev–Trinajstić information content (AvgIpc) is 3.33. The number of hydrogen-bond acceptors (Lipinski definition) is 6. The van der Waals surface area contributed by atoms with Gasteiger partial charge in [-0.15, -0.1) is 0 Å². The predicted molar refractivity (Wildman–Crippen MR) is 289 cm³/mol. The summed E-state index contributed by atoms with van der Waals surface area (Å²) in [4.78, 5) is 37.7. The van der Waals surface area contributed by atoms with E-state index >= 15 is 0 Å². The van der Waals surface area contributed by atoms with Gasteiger partial charge in [-0.3, -0.25) is 14.4 Å². The van der Waals surface area contributed by atoms with E-state index in [1.807, 2.05) is 0 Å². The maximum absolute atomic E-state index is 12.7. The third kappa shape index (κ3) is 54.4. The van der Waals surface area contributed by atoms with Crippen molar-refractivity contribution in [3.05, 3.63) is 36.5 Å². The van der Waals surface area contributed by atoms with Gasteiger partial charge >= 0.3 is 17.9 Å². The fourth-order valence-electron chi connectivity index (χ4n) is 8.75. The van der Waals surface area contributed by atoms with Crippen LogP contribution in [0.4, 0.5) is 0 Å². The van der Waals surface area contributed by atoms with Crippen molar-refractivity contribution in [1.29, 1.82) is 0 Å². The Kier molecular flexibility index (Phi) is 54.2. The molecule has 0 saturated carbocycles. The molecule has 392 valence electrons. The number of unbranched alkanes of at least 4 members (excludes halogenated alkanes) is 37. The summed E-state index contributed by atoms with van der Waals surface area (Å²) >= 11 is 0. The lowest BCUT2D eigenvalue weighted by Gasteiger charge is -2.18. The van der Waals surface area contributed by atoms with Crippen LogP contribution in [0, 0.1) is 0 Å².